The number of nitrogens with zero attached hydrogens (tertiary/aromatic N) is 2. The number of hydroxylamine groups is 1. The molecule has 0 radical (unpaired) electrons. The number of hydrogen-bond donors (Lipinski definition) is 1. The minimum atomic E-state index is -0.694. The van der Waals surface area contributed by atoms with E-state index in [0.29, 0.717) is 6.42 Å². The van der Waals surface area contributed by atoms with E-state index in [2.05, 4.69) is 19.1 Å². The molecule has 1 unspecified atom stereocenters. The van der Waals surface area contributed by atoms with Gasteiger partial charge in [-0.3, -0.25) is 5.21 Å². The van der Waals surface area contributed by atoms with Crippen molar-refractivity contribution < 1.29 is 5.21 Å². The van der Waals surface area contributed by atoms with Crippen LogP contribution >= 0.6 is 0 Å². The largest absolute Gasteiger partial charge is 0.287 e. The Balaban J connectivity index is 2.00. The molecule has 0 saturated carbocycles. The number of rotatable bonds is 3. The molecule has 1 atom stereocenters. The maximum Gasteiger partial charge on any atom is 0.134 e. The van der Waals surface area contributed by atoms with Crippen LogP contribution in [0.1, 0.15) is 24.5 Å². The number of anilines is 1. The molecule has 0 spiro atoms. The summed E-state index contributed by atoms with van der Waals surface area (Å²) in [5.41, 5.74) is 3.87. The molecule has 0 aliphatic carbocycles. The SMILES string of the molecule is CCC1(c2ccccc2)C(=Nc2ccccc2)c2ccccc2N1O. The van der Waals surface area contributed by atoms with Crippen molar-refractivity contribution in [1.29, 1.82) is 0 Å². The van der Waals surface area contributed by atoms with Crippen molar-refractivity contribution in [1.82, 2.24) is 0 Å². The van der Waals surface area contributed by atoms with Crippen molar-refractivity contribution in [2.75, 3.05) is 5.06 Å². The summed E-state index contributed by atoms with van der Waals surface area (Å²) in [6.07, 6.45) is 0.702. The van der Waals surface area contributed by atoms with Gasteiger partial charge < -0.3 is 0 Å². The molecule has 1 aliphatic rings. The van der Waals surface area contributed by atoms with Gasteiger partial charge in [0.2, 0.25) is 0 Å². The summed E-state index contributed by atoms with van der Waals surface area (Å²) in [4.78, 5) is 4.97. The van der Waals surface area contributed by atoms with Crippen LogP contribution in [0.15, 0.2) is 89.9 Å². The lowest BCUT2D eigenvalue weighted by Gasteiger charge is -2.35. The fraction of sp³-hybridized carbons (Fsp3) is 0.136. The standard InChI is InChI=1S/C22H20N2O/c1-2-22(17-11-5-3-6-12-17)21(23-18-13-7-4-8-14-18)19-15-9-10-16-20(19)24(22)25/h3-16,25H,2H2,1H3. The van der Waals surface area contributed by atoms with Crippen molar-refractivity contribution in [3.05, 3.63) is 96.1 Å². The smallest absolute Gasteiger partial charge is 0.134 e. The summed E-state index contributed by atoms with van der Waals surface area (Å²) in [7, 11) is 0. The van der Waals surface area contributed by atoms with Crippen LogP contribution in [0.3, 0.4) is 0 Å². The highest BCUT2D eigenvalue weighted by Crippen LogP contribution is 2.47. The molecule has 0 saturated heterocycles. The van der Waals surface area contributed by atoms with Crippen molar-refractivity contribution in [2.24, 2.45) is 4.99 Å². The Bertz CT molecular complexity index is 906. The number of aliphatic imine (C=N–C) groups is 1. The van der Waals surface area contributed by atoms with Gasteiger partial charge in [-0.05, 0) is 30.2 Å². The molecule has 0 aromatic heterocycles. The Labute approximate surface area is 147 Å². The zero-order chi connectivity index (χ0) is 17.3. The number of para-hydroxylation sites is 2. The fourth-order valence-electron chi connectivity index (χ4n) is 3.67. The quantitative estimate of drug-likeness (QED) is 0.706. The van der Waals surface area contributed by atoms with Gasteiger partial charge in [0.15, 0.2) is 0 Å². The summed E-state index contributed by atoms with van der Waals surface area (Å²) < 4.78 is 0. The summed E-state index contributed by atoms with van der Waals surface area (Å²) in [5, 5.41) is 12.5. The van der Waals surface area contributed by atoms with Gasteiger partial charge in [-0.2, -0.15) is 0 Å². The highest BCUT2D eigenvalue weighted by Gasteiger charge is 2.49. The van der Waals surface area contributed by atoms with Gasteiger partial charge >= 0.3 is 0 Å². The first-order valence-corrected chi connectivity index (χ1v) is 8.55. The first kappa shape index (κ1) is 15.6. The van der Waals surface area contributed by atoms with Crippen LogP contribution in [0.5, 0.6) is 0 Å². The Morgan fingerprint density at radius 1 is 0.840 bits per heavy atom. The van der Waals surface area contributed by atoms with E-state index in [1.165, 1.54) is 5.06 Å². The van der Waals surface area contributed by atoms with Gasteiger partial charge in [0.25, 0.3) is 0 Å². The molecule has 25 heavy (non-hydrogen) atoms. The predicted molar refractivity (Wildman–Crippen MR) is 102 cm³/mol. The molecule has 3 heteroatoms. The second kappa shape index (κ2) is 6.19. The highest BCUT2D eigenvalue weighted by atomic mass is 16.5. The van der Waals surface area contributed by atoms with Crippen LogP contribution in [0, 0.1) is 0 Å². The maximum absolute atomic E-state index is 11.1. The zero-order valence-corrected chi connectivity index (χ0v) is 14.1. The molecule has 0 amide bonds. The first-order chi connectivity index (χ1) is 12.3. The molecular formula is C22H20N2O. The van der Waals surface area contributed by atoms with Gasteiger partial charge in [-0.25, -0.2) is 10.1 Å². The second-order valence-electron chi connectivity index (χ2n) is 6.20. The van der Waals surface area contributed by atoms with Crippen molar-refractivity contribution >= 4 is 17.1 Å². The molecule has 0 bridgehead atoms. The molecule has 4 rings (SSSR count). The van der Waals surface area contributed by atoms with Crippen LogP contribution in [0.4, 0.5) is 11.4 Å². The third kappa shape index (κ3) is 2.36. The third-order valence-electron chi connectivity index (χ3n) is 4.90. The lowest BCUT2D eigenvalue weighted by molar-refractivity contribution is 0.190. The molecule has 0 fully saturated rings. The topological polar surface area (TPSA) is 35.8 Å². The third-order valence-corrected chi connectivity index (χ3v) is 4.90. The van der Waals surface area contributed by atoms with E-state index in [9.17, 15) is 5.21 Å². The van der Waals surface area contributed by atoms with E-state index in [0.717, 1.165) is 28.2 Å². The van der Waals surface area contributed by atoms with E-state index in [4.69, 9.17) is 4.99 Å². The Morgan fingerprint density at radius 3 is 2.12 bits per heavy atom. The lowest BCUT2D eigenvalue weighted by atomic mass is 9.82. The van der Waals surface area contributed by atoms with Crippen LogP contribution in [-0.2, 0) is 5.54 Å². The van der Waals surface area contributed by atoms with E-state index >= 15 is 0 Å². The second-order valence-corrected chi connectivity index (χ2v) is 6.20. The molecular weight excluding hydrogens is 308 g/mol. The zero-order valence-electron chi connectivity index (χ0n) is 14.1. The maximum atomic E-state index is 11.1. The minimum Gasteiger partial charge on any atom is -0.287 e. The molecule has 1 N–H and O–H groups in total. The fourth-order valence-corrected chi connectivity index (χ4v) is 3.67. The molecule has 3 aromatic carbocycles. The summed E-state index contributed by atoms with van der Waals surface area (Å²) in [6.45, 7) is 2.09. The van der Waals surface area contributed by atoms with Crippen LogP contribution in [0.25, 0.3) is 0 Å². The van der Waals surface area contributed by atoms with Crippen molar-refractivity contribution in [3.8, 4) is 0 Å². The molecule has 1 aliphatic heterocycles. The molecule has 124 valence electrons. The Morgan fingerprint density at radius 2 is 1.44 bits per heavy atom. The van der Waals surface area contributed by atoms with Gasteiger partial charge in [-0.1, -0.05) is 73.7 Å². The summed E-state index contributed by atoms with van der Waals surface area (Å²) in [5.74, 6) is 0. The minimum absolute atomic E-state index is 0.694. The molecule has 1 heterocycles. The first-order valence-electron chi connectivity index (χ1n) is 8.55. The van der Waals surface area contributed by atoms with Crippen molar-refractivity contribution in [2.45, 2.75) is 18.9 Å². The van der Waals surface area contributed by atoms with Crippen LogP contribution < -0.4 is 5.06 Å². The van der Waals surface area contributed by atoms with E-state index < -0.39 is 5.54 Å². The van der Waals surface area contributed by atoms with Crippen LogP contribution in [0.2, 0.25) is 0 Å². The van der Waals surface area contributed by atoms with Crippen LogP contribution in [-0.4, -0.2) is 10.9 Å². The highest BCUT2D eigenvalue weighted by molar-refractivity contribution is 6.17. The average molecular weight is 328 g/mol. The summed E-state index contributed by atoms with van der Waals surface area (Å²) in [6, 6.07) is 27.9. The van der Waals surface area contributed by atoms with Gasteiger partial charge in [0.05, 0.1) is 17.1 Å². The number of benzene rings is 3. The van der Waals surface area contributed by atoms with Crippen molar-refractivity contribution in [3.63, 3.8) is 0 Å². The normalized spacial score (nSPS) is 20.7. The average Bonchev–Trinajstić information content (AvgIpc) is 2.93. The van der Waals surface area contributed by atoms with Gasteiger partial charge in [0.1, 0.15) is 5.54 Å². The van der Waals surface area contributed by atoms with Gasteiger partial charge in [-0.15, -0.1) is 0 Å². The molecule has 3 nitrogen and oxygen atoms in total. The number of fused-ring (bicyclic) bond motifs is 1. The van der Waals surface area contributed by atoms with E-state index in [1.54, 1.807) is 0 Å². The lowest BCUT2D eigenvalue weighted by Crippen LogP contribution is -2.45. The molecule has 3 aromatic rings. The van der Waals surface area contributed by atoms with E-state index in [-0.39, 0.29) is 0 Å². The Kier molecular flexibility index (Phi) is 3.86. The van der Waals surface area contributed by atoms with E-state index in [1.807, 2.05) is 72.8 Å². The Hall–Kier alpha value is -2.91. The van der Waals surface area contributed by atoms with Gasteiger partial charge in [0, 0.05) is 5.56 Å². The monoisotopic (exact) mass is 328 g/mol. The summed E-state index contributed by atoms with van der Waals surface area (Å²) >= 11 is 0. The number of hydrogen-bond acceptors (Lipinski definition) is 3. The predicted octanol–water partition coefficient (Wildman–Crippen LogP) is 5.32.